The highest BCUT2D eigenvalue weighted by Crippen LogP contribution is 2.25. The Balaban J connectivity index is 1.30. The molecule has 1 unspecified atom stereocenters. The molecule has 0 radical (unpaired) electrons. The Bertz CT molecular complexity index is 1120. The van der Waals surface area contributed by atoms with Crippen LogP contribution in [0, 0.1) is 0 Å². The first-order valence-electron chi connectivity index (χ1n) is 13.5. The normalized spacial score (nSPS) is 22.9. The predicted octanol–water partition coefficient (Wildman–Crippen LogP) is 4.00. The van der Waals surface area contributed by atoms with E-state index in [0.717, 1.165) is 68.5 Å². The highest BCUT2D eigenvalue weighted by molar-refractivity contribution is 5.86. The number of rotatable bonds is 9. The van der Waals surface area contributed by atoms with Crippen molar-refractivity contribution in [1.29, 1.82) is 0 Å². The molecular weight excluding hydrogens is 454 g/mol. The summed E-state index contributed by atoms with van der Waals surface area (Å²) in [4.78, 5) is 22.4. The zero-order valence-corrected chi connectivity index (χ0v) is 21.6. The fourth-order valence-corrected chi connectivity index (χ4v) is 5.26. The standard InChI is InChI=1S/C27H39N7O2/c1-18(2)22-16-30-34-25(22)32-26(31-21-9-6-12-36-17-21)33-27(34)29-15-20-8-5-7-19(13-20)14-24(35)23-10-3-4-11-28-23/h7,13,16,18,21,23,28H,3-6,8-12,14-15,17H2,1-2H3,(H2,29,31,32,33)/t21-,23?/m0/s1. The molecule has 2 fully saturated rings. The van der Waals surface area contributed by atoms with Crippen LogP contribution in [0.25, 0.3) is 5.65 Å². The largest absolute Gasteiger partial charge is 0.379 e. The number of allylic oxidation sites excluding steroid dienone is 3. The number of hydrogen-bond acceptors (Lipinski definition) is 8. The van der Waals surface area contributed by atoms with E-state index in [0.29, 0.717) is 43.2 Å². The number of anilines is 2. The van der Waals surface area contributed by atoms with Gasteiger partial charge < -0.3 is 20.7 Å². The lowest BCUT2D eigenvalue weighted by Crippen LogP contribution is -2.40. The van der Waals surface area contributed by atoms with Gasteiger partial charge in [-0.25, -0.2) is 0 Å². The lowest BCUT2D eigenvalue weighted by Gasteiger charge is -2.23. The van der Waals surface area contributed by atoms with Crippen molar-refractivity contribution in [2.75, 3.05) is 36.9 Å². The fraction of sp³-hybridized carbons (Fsp3) is 0.630. The van der Waals surface area contributed by atoms with Crippen molar-refractivity contribution < 1.29 is 9.53 Å². The van der Waals surface area contributed by atoms with Crippen LogP contribution in [0.5, 0.6) is 0 Å². The number of ketones is 1. The van der Waals surface area contributed by atoms with Crippen molar-refractivity contribution in [2.24, 2.45) is 0 Å². The molecule has 2 aliphatic heterocycles. The third kappa shape index (κ3) is 5.95. The summed E-state index contributed by atoms with van der Waals surface area (Å²) in [5, 5.41) is 15.0. The summed E-state index contributed by atoms with van der Waals surface area (Å²) in [6.45, 7) is 7.40. The Hall–Kier alpha value is -2.78. The maximum atomic E-state index is 12.8. The average molecular weight is 494 g/mol. The highest BCUT2D eigenvalue weighted by Gasteiger charge is 2.22. The third-order valence-electron chi connectivity index (χ3n) is 7.32. The molecule has 9 nitrogen and oxygen atoms in total. The van der Waals surface area contributed by atoms with Crippen LogP contribution in [0.2, 0.25) is 0 Å². The molecule has 2 atom stereocenters. The summed E-state index contributed by atoms with van der Waals surface area (Å²) in [7, 11) is 0. The molecule has 3 aliphatic rings. The summed E-state index contributed by atoms with van der Waals surface area (Å²) in [6, 6.07) is 0.228. The van der Waals surface area contributed by atoms with Crippen LogP contribution in [0.1, 0.15) is 76.7 Å². The Kier molecular flexibility index (Phi) is 7.96. The van der Waals surface area contributed by atoms with Crippen molar-refractivity contribution >= 4 is 23.3 Å². The van der Waals surface area contributed by atoms with E-state index in [1.807, 2.05) is 6.20 Å². The molecule has 2 aromatic heterocycles. The van der Waals surface area contributed by atoms with E-state index in [1.165, 1.54) is 12.0 Å². The first kappa shape index (κ1) is 24.9. The molecular formula is C27H39N7O2. The molecule has 5 rings (SSSR count). The van der Waals surface area contributed by atoms with E-state index in [-0.39, 0.29) is 12.1 Å². The molecule has 4 heterocycles. The second-order valence-corrected chi connectivity index (χ2v) is 10.5. The molecule has 194 valence electrons. The van der Waals surface area contributed by atoms with Crippen LogP contribution in [0.3, 0.4) is 0 Å². The van der Waals surface area contributed by atoms with Crippen LogP contribution in [-0.4, -0.2) is 63.8 Å². The van der Waals surface area contributed by atoms with Gasteiger partial charge in [-0.15, -0.1) is 0 Å². The van der Waals surface area contributed by atoms with Gasteiger partial charge in [0.1, 0.15) is 0 Å². The Morgan fingerprint density at radius 2 is 2.17 bits per heavy atom. The van der Waals surface area contributed by atoms with Gasteiger partial charge in [0.2, 0.25) is 11.9 Å². The smallest absolute Gasteiger partial charge is 0.229 e. The number of fused-ring (bicyclic) bond motifs is 1. The summed E-state index contributed by atoms with van der Waals surface area (Å²) >= 11 is 0. The predicted molar refractivity (Wildman–Crippen MR) is 141 cm³/mol. The molecule has 0 amide bonds. The van der Waals surface area contributed by atoms with Gasteiger partial charge in [-0.3, -0.25) is 4.79 Å². The van der Waals surface area contributed by atoms with Crippen LogP contribution in [-0.2, 0) is 9.53 Å². The second kappa shape index (κ2) is 11.5. The zero-order chi connectivity index (χ0) is 24.9. The van der Waals surface area contributed by atoms with Crippen LogP contribution in [0.4, 0.5) is 11.9 Å². The molecule has 2 aromatic rings. The number of ether oxygens (including phenoxy) is 1. The first-order chi connectivity index (χ1) is 17.6. The van der Waals surface area contributed by atoms with E-state index in [9.17, 15) is 4.79 Å². The van der Waals surface area contributed by atoms with Gasteiger partial charge in [0.15, 0.2) is 11.4 Å². The summed E-state index contributed by atoms with van der Waals surface area (Å²) < 4.78 is 7.43. The van der Waals surface area contributed by atoms with Gasteiger partial charge >= 0.3 is 0 Å². The first-order valence-corrected chi connectivity index (χ1v) is 13.5. The van der Waals surface area contributed by atoms with Crippen molar-refractivity contribution in [3.63, 3.8) is 0 Å². The van der Waals surface area contributed by atoms with Crippen LogP contribution >= 0.6 is 0 Å². The van der Waals surface area contributed by atoms with Gasteiger partial charge in [0.05, 0.1) is 24.9 Å². The fourth-order valence-electron chi connectivity index (χ4n) is 5.26. The van der Waals surface area contributed by atoms with Gasteiger partial charge in [-0.05, 0) is 56.6 Å². The third-order valence-corrected chi connectivity index (χ3v) is 7.32. The number of nitrogens with one attached hydrogen (secondary N) is 3. The van der Waals surface area contributed by atoms with E-state index in [4.69, 9.17) is 14.7 Å². The van der Waals surface area contributed by atoms with Crippen molar-refractivity contribution in [1.82, 2.24) is 24.9 Å². The SMILES string of the molecule is CC(C)c1cnn2c(NCC3=CC(CC(=O)C4CCCCN4)=CCC3)nc(N[C@H]3CCCOC3)nc12. The Morgan fingerprint density at radius 1 is 1.25 bits per heavy atom. The monoisotopic (exact) mass is 493 g/mol. The number of Topliss-reactive ketones (excluding diaryl/α,β-unsaturated/α-hetero) is 1. The van der Waals surface area contributed by atoms with Gasteiger partial charge in [-0.2, -0.15) is 19.6 Å². The molecule has 36 heavy (non-hydrogen) atoms. The molecule has 0 spiro atoms. The van der Waals surface area contributed by atoms with Gasteiger partial charge in [0.25, 0.3) is 0 Å². The molecule has 0 saturated carbocycles. The number of aromatic nitrogens is 4. The minimum atomic E-state index is 0.0151. The van der Waals surface area contributed by atoms with Crippen LogP contribution in [0.15, 0.2) is 29.5 Å². The molecule has 3 N–H and O–H groups in total. The quantitative estimate of drug-likeness (QED) is 0.481. The molecule has 9 heteroatoms. The number of carbonyl (C=O) groups is 1. The average Bonchev–Trinajstić information content (AvgIpc) is 3.33. The van der Waals surface area contributed by atoms with Gasteiger partial charge in [-0.1, -0.05) is 38.0 Å². The number of hydrogen-bond donors (Lipinski definition) is 3. The highest BCUT2D eigenvalue weighted by atomic mass is 16.5. The van der Waals surface area contributed by atoms with E-state index < -0.39 is 0 Å². The van der Waals surface area contributed by atoms with E-state index in [2.05, 4.69) is 47.0 Å². The summed E-state index contributed by atoms with van der Waals surface area (Å²) in [5.41, 5.74) is 4.32. The minimum absolute atomic E-state index is 0.0151. The molecule has 0 aromatic carbocycles. The van der Waals surface area contributed by atoms with E-state index >= 15 is 0 Å². The van der Waals surface area contributed by atoms with Crippen molar-refractivity contribution in [3.05, 3.63) is 35.1 Å². The second-order valence-electron chi connectivity index (χ2n) is 10.5. The Morgan fingerprint density at radius 3 is 2.94 bits per heavy atom. The van der Waals surface area contributed by atoms with Crippen molar-refractivity contribution in [2.45, 2.75) is 83.2 Å². The van der Waals surface area contributed by atoms with E-state index in [1.54, 1.807) is 4.52 Å². The number of piperidine rings is 1. The maximum absolute atomic E-state index is 12.8. The number of carbonyl (C=O) groups excluding carboxylic acids is 1. The lowest BCUT2D eigenvalue weighted by molar-refractivity contribution is -0.120. The van der Waals surface area contributed by atoms with Crippen LogP contribution < -0.4 is 16.0 Å². The maximum Gasteiger partial charge on any atom is 0.229 e. The topological polar surface area (TPSA) is 105 Å². The summed E-state index contributed by atoms with van der Waals surface area (Å²) in [6.07, 6.45) is 14.1. The lowest BCUT2D eigenvalue weighted by atomic mass is 9.92. The summed E-state index contributed by atoms with van der Waals surface area (Å²) in [5.74, 6) is 1.89. The Labute approximate surface area is 213 Å². The van der Waals surface area contributed by atoms with Crippen molar-refractivity contribution in [3.8, 4) is 0 Å². The minimum Gasteiger partial charge on any atom is -0.379 e. The number of nitrogens with zero attached hydrogens (tertiary/aromatic N) is 4. The molecule has 0 bridgehead atoms. The zero-order valence-electron chi connectivity index (χ0n) is 21.6. The molecule has 2 saturated heterocycles. The van der Waals surface area contributed by atoms with Gasteiger partial charge in [0, 0.05) is 25.1 Å². The molecule has 1 aliphatic carbocycles.